The van der Waals surface area contributed by atoms with Crippen LogP contribution in [-0.4, -0.2) is 33.9 Å². The van der Waals surface area contributed by atoms with Crippen molar-refractivity contribution in [2.24, 2.45) is 13.0 Å². The number of nitrogens with one attached hydrogen (secondary N) is 1. The summed E-state index contributed by atoms with van der Waals surface area (Å²) >= 11 is 0. The van der Waals surface area contributed by atoms with Gasteiger partial charge in [-0.2, -0.15) is 5.10 Å². The average Bonchev–Trinajstić information content (AvgIpc) is 2.74. The topological polar surface area (TPSA) is 67.2 Å². The van der Waals surface area contributed by atoms with Crippen molar-refractivity contribution in [1.29, 1.82) is 0 Å². The Morgan fingerprint density at radius 1 is 1.50 bits per heavy atom. The van der Waals surface area contributed by atoms with Gasteiger partial charge in [-0.05, 0) is 12.0 Å². The Labute approximate surface area is 105 Å². The first kappa shape index (κ1) is 12.6. The lowest BCUT2D eigenvalue weighted by Crippen LogP contribution is -2.30. The number of rotatable bonds is 4. The van der Waals surface area contributed by atoms with Crippen molar-refractivity contribution in [3.63, 3.8) is 0 Å². The van der Waals surface area contributed by atoms with E-state index in [-0.39, 0.29) is 18.4 Å². The minimum atomic E-state index is -0.202. The molecule has 2 N–H and O–H groups in total. The van der Waals surface area contributed by atoms with Crippen molar-refractivity contribution in [1.82, 2.24) is 15.1 Å². The van der Waals surface area contributed by atoms with E-state index in [1.165, 1.54) is 0 Å². The molecule has 1 aromatic heterocycles. The number of nitrogens with zero attached hydrogens (tertiary/aromatic N) is 2. The van der Waals surface area contributed by atoms with Gasteiger partial charge in [-0.25, -0.2) is 0 Å². The number of carbonyl (C=O) groups is 1. The molecule has 0 aliphatic carbocycles. The lowest BCUT2D eigenvalue weighted by atomic mass is 10.2. The smallest absolute Gasteiger partial charge is 0.272 e. The number of aromatic nitrogens is 2. The van der Waals surface area contributed by atoms with Crippen LogP contribution in [0.3, 0.4) is 0 Å². The van der Waals surface area contributed by atoms with E-state index in [0.717, 1.165) is 10.9 Å². The van der Waals surface area contributed by atoms with Crippen LogP contribution >= 0.6 is 0 Å². The van der Waals surface area contributed by atoms with E-state index in [1.807, 2.05) is 38.2 Å². The van der Waals surface area contributed by atoms with Crippen molar-refractivity contribution in [3.05, 3.63) is 30.0 Å². The third-order valence-corrected chi connectivity index (χ3v) is 2.90. The Bertz CT molecular complexity index is 562. The fraction of sp³-hybridized carbons (Fsp3) is 0.385. The third kappa shape index (κ3) is 2.36. The van der Waals surface area contributed by atoms with Crippen LogP contribution in [0.1, 0.15) is 17.4 Å². The third-order valence-electron chi connectivity index (χ3n) is 2.90. The standard InChI is InChI=1S/C13H17N3O2/c1-9(8-17)7-14-13(18)12-10-5-3-4-6-11(10)16(2)15-12/h3-6,9,17H,7-8H2,1-2H3,(H,14,18). The van der Waals surface area contributed by atoms with Crippen molar-refractivity contribution in [2.75, 3.05) is 13.2 Å². The molecule has 18 heavy (non-hydrogen) atoms. The number of benzene rings is 1. The van der Waals surface area contributed by atoms with Gasteiger partial charge in [0, 0.05) is 25.6 Å². The van der Waals surface area contributed by atoms with Gasteiger partial charge in [0.1, 0.15) is 0 Å². The zero-order chi connectivity index (χ0) is 13.1. The van der Waals surface area contributed by atoms with E-state index in [0.29, 0.717) is 12.2 Å². The maximum atomic E-state index is 12.0. The number of aliphatic hydroxyl groups is 1. The molecule has 0 saturated heterocycles. The van der Waals surface area contributed by atoms with Crippen LogP contribution in [0.25, 0.3) is 10.9 Å². The quantitative estimate of drug-likeness (QED) is 0.844. The first-order chi connectivity index (χ1) is 8.63. The Morgan fingerprint density at radius 2 is 2.22 bits per heavy atom. The van der Waals surface area contributed by atoms with E-state index in [9.17, 15) is 4.79 Å². The van der Waals surface area contributed by atoms with Crippen LogP contribution in [0.4, 0.5) is 0 Å². The zero-order valence-corrected chi connectivity index (χ0v) is 10.6. The zero-order valence-electron chi connectivity index (χ0n) is 10.6. The summed E-state index contributed by atoms with van der Waals surface area (Å²) in [6.07, 6.45) is 0. The molecule has 2 aromatic rings. The van der Waals surface area contributed by atoms with Gasteiger partial charge in [0.05, 0.1) is 5.52 Å². The summed E-state index contributed by atoms with van der Waals surface area (Å²) in [5, 5.41) is 16.8. The summed E-state index contributed by atoms with van der Waals surface area (Å²) in [6, 6.07) is 7.61. The fourth-order valence-corrected chi connectivity index (χ4v) is 1.80. The van der Waals surface area contributed by atoms with Crippen molar-refractivity contribution < 1.29 is 9.90 Å². The van der Waals surface area contributed by atoms with Crippen LogP contribution in [0.5, 0.6) is 0 Å². The van der Waals surface area contributed by atoms with Gasteiger partial charge in [-0.1, -0.05) is 25.1 Å². The molecule has 1 heterocycles. The SMILES string of the molecule is CC(CO)CNC(=O)c1nn(C)c2ccccc12. The Hall–Kier alpha value is -1.88. The second-order valence-corrected chi connectivity index (χ2v) is 4.49. The molecule has 0 fully saturated rings. The van der Waals surface area contributed by atoms with Crippen molar-refractivity contribution in [3.8, 4) is 0 Å². The van der Waals surface area contributed by atoms with Gasteiger partial charge in [0.2, 0.25) is 0 Å². The number of hydrogen-bond donors (Lipinski definition) is 2. The van der Waals surface area contributed by atoms with Gasteiger partial charge in [0.15, 0.2) is 5.69 Å². The highest BCUT2D eigenvalue weighted by molar-refractivity contribution is 6.04. The molecule has 1 atom stereocenters. The molecule has 0 aliphatic heterocycles. The average molecular weight is 247 g/mol. The van der Waals surface area contributed by atoms with E-state index in [4.69, 9.17) is 5.11 Å². The fourth-order valence-electron chi connectivity index (χ4n) is 1.80. The molecule has 1 unspecified atom stereocenters. The molecule has 0 spiro atoms. The number of hydrogen-bond acceptors (Lipinski definition) is 3. The number of carbonyl (C=O) groups excluding carboxylic acids is 1. The molecular formula is C13H17N3O2. The molecule has 0 bridgehead atoms. The van der Waals surface area contributed by atoms with Crippen LogP contribution < -0.4 is 5.32 Å². The van der Waals surface area contributed by atoms with Crippen molar-refractivity contribution in [2.45, 2.75) is 6.92 Å². The van der Waals surface area contributed by atoms with Gasteiger partial charge >= 0.3 is 0 Å². The number of para-hydroxylation sites is 1. The molecule has 5 nitrogen and oxygen atoms in total. The van der Waals surface area contributed by atoms with Gasteiger partial charge < -0.3 is 10.4 Å². The summed E-state index contributed by atoms with van der Waals surface area (Å²) in [6.45, 7) is 2.38. The van der Waals surface area contributed by atoms with E-state index in [1.54, 1.807) is 4.68 Å². The summed E-state index contributed by atoms with van der Waals surface area (Å²) in [5.41, 5.74) is 1.36. The first-order valence-electron chi connectivity index (χ1n) is 5.94. The molecular weight excluding hydrogens is 230 g/mol. The maximum absolute atomic E-state index is 12.0. The molecule has 96 valence electrons. The van der Waals surface area contributed by atoms with Crippen LogP contribution in [0.15, 0.2) is 24.3 Å². The second-order valence-electron chi connectivity index (χ2n) is 4.49. The summed E-state index contributed by atoms with van der Waals surface area (Å²) < 4.78 is 1.69. The summed E-state index contributed by atoms with van der Waals surface area (Å²) in [5.74, 6) is -0.156. The van der Waals surface area contributed by atoms with Crippen molar-refractivity contribution >= 4 is 16.8 Å². The van der Waals surface area contributed by atoms with Gasteiger partial charge in [0.25, 0.3) is 5.91 Å². The number of aliphatic hydroxyl groups excluding tert-OH is 1. The second kappa shape index (κ2) is 5.18. The van der Waals surface area contributed by atoms with E-state index < -0.39 is 0 Å². The normalized spacial score (nSPS) is 12.6. The maximum Gasteiger partial charge on any atom is 0.272 e. The lowest BCUT2D eigenvalue weighted by Gasteiger charge is -2.08. The van der Waals surface area contributed by atoms with E-state index in [2.05, 4.69) is 10.4 Å². The summed E-state index contributed by atoms with van der Waals surface area (Å²) in [4.78, 5) is 12.0. The predicted octanol–water partition coefficient (Wildman–Crippen LogP) is 0.931. The minimum absolute atomic E-state index is 0.0453. The molecule has 1 amide bonds. The van der Waals surface area contributed by atoms with Crippen LogP contribution in [0, 0.1) is 5.92 Å². The highest BCUT2D eigenvalue weighted by Gasteiger charge is 2.15. The van der Waals surface area contributed by atoms with Crippen LogP contribution in [0.2, 0.25) is 0 Å². The molecule has 0 aliphatic rings. The van der Waals surface area contributed by atoms with Gasteiger partial charge in [-0.15, -0.1) is 0 Å². The number of fused-ring (bicyclic) bond motifs is 1. The molecule has 0 saturated carbocycles. The minimum Gasteiger partial charge on any atom is -0.396 e. The Morgan fingerprint density at radius 3 is 2.94 bits per heavy atom. The largest absolute Gasteiger partial charge is 0.396 e. The molecule has 2 rings (SSSR count). The van der Waals surface area contributed by atoms with Gasteiger partial charge in [-0.3, -0.25) is 9.48 Å². The molecule has 0 radical (unpaired) electrons. The highest BCUT2D eigenvalue weighted by Crippen LogP contribution is 2.17. The number of aryl methyl sites for hydroxylation is 1. The lowest BCUT2D eigenvalue weighted by molar-refractivity contribution is 0.0938. The first-order valence-corrected chi connectivity index (χ1v) is 5.94. The predicted molar refractivity (Wildman–Crippen MR) is 69.3 cm³/mol. The molecule has 5 heteroatoms. The van der Waals surface area contributed by atoms with E-state index >= 15 is 0 Å². The van der Waals surface area contributed by atoms with Crippen LogP contribution in [-0.2, 0) is 7.05 Å². The number of amides is 1. The summed E-state index contributed by atoms with van der Waals surface area (Å²) in [7, 11) is 1.81. The Kier molecular flexibility index (Phi) is 3.62. The molecule has 1 aromatic carbocycles. The highest BCUT2D eigenvalue weighted by atomic mass is 16.3. The monoisotopic (exact) mass is 247 g/mol. The Balaban J connectivity index is 2.23.